The van der Waals surface area contributed by atoms with Crippen LogP contribution in [0.3, 0.4) is 0 Å². The summed E-state index contributed by atoms with van der Waals surface area (Å²) in [6.07, 6.45) is 8.36. The number of carbonyl (C=O) groups excluding carboxylic acids is 2. The normalized spacial score (nSPS) is 12.9. The van der Waals surface area contributed by atoms with Gasteiger partial charge >= 0.3 is 0 Å². The molecule has 2 unspecified atom stereocenters. The zero-order chi connectivity index (χ0) is 28.1. The zero-order valence-corrected chi connectivity index (χ0v) is 25.8. The molecular weight excluding hydrogens is 628 g/mol. The number of hydrazine groups is 1. The van der Waals surface area contributed by atoms with Crippen molar-refractivity contribution in [2.45, 2.75) is 44.9 Å². The zero-order valence-electron chi connectivity index (χ0n) is 22.6. The van der Waals surface area contributed by atoms with E-state index in [1.165, 1.54) is 10.0 Å². The number of aromatic nitrogens is 2. The molecule has 4 rings (SSSR count). The fourth-order valence-electron chi connectivity index (χ4n) is 5.17. The Hall–Kier alpha value is -2.98. The van der Waals surface area contributed by atoms with Crippen LogP contribution in [0.1, 0.15) is 56.1 Å². The minimum Gasteiger partial charge on any atom is -0.496 e. The molecule has 2 aromatic carbocycles. The van der Waals surface area contributed by atoms with Gasteiger partial charge in [0.05, 0.1) is 23.2 Å². The highest BCUT2D eigenvalue weighted by Gasteiger charge is 2.25. The predicted octanol–water partition coefficient (Wildman–Crippen LogP) is 7.10. The third-order valence-corrected chi connectivity index (χ3v) is 8.53. The largest absolute Gasteiger partial charge is 0.496 e. The first kappa shape index (κ1) is 29.0. The molecule has 10 heteroatoms. The maximum atomic E-state index is 12.4. The summed E-state index contributed by atoms with van der Waals surface area (Å²) in [5, 5.41) is 5.06. The van der Waals surface area contributed by atoms with E-state index in [9.17, 15) is 9.59 Å². The van der Waals surface area contributed by atoms with Crippen molar-refractivity contribution in [2.75, 3.05) is 27.3 Å². The predicted molar refractivity (Wildman–Crippen MR) is 161 cm³/mol. The molecule has 0 spiro atoms. The summed E-state index contributed by atoms with van der Waals surface area (Å²) in [5.41, 5.74) is 4.10. The van der Waals surface area contributed by atoms with Crippen LogP contribution in [0.4, 0.5) is 0 Å². The Morgan fingerprint density at radius 3 is 1.87 bits per heavy atom. The Balaban J connectivity index is 1.60. The van der Waals surface area contributed by atoms with Gasteiger partial charge < -0.3 is 19.4 Å². The minimum absolute atomic E-state index is 0.0298. The van der Waals surface area contributed by atoms with Crippen molar-refractivity contribution >= 4 is 66.5 Å². The number of amides is 2. The molecule has 39 heavy (non-hydrogen) atoms. The summed E-state index contributed by atoms with van der Waals surface area (Å²) in [6.45, 7) is 4.94. The van der Waals surface area contributed by atoms with E-state index in [1.807, 2.05) is 36.7 Å². The summed E-state index contributed by atoms with van der Waals surface area (Å²) in [6, 6.07) is 7.97. The average molecular weight is 662 g/mol. The van der Waals surface area contributed by atoms with Crippen molar-refractivity contribution in [3.63, 3.8) is 0 Å². The van der Waals surface area contributed by atoms with Crippen LogP contribution in [0.2, 0.25) is 0 Å². The van der Waals surface area contributed by atoms with Crippen molar-refractivity contribution in [3.05, 3.63) is 56.7 Å². The molecule has 2 atom stereocenters. The van der Waals surface area contributed by atoms with Crippen molar-refractivity contribution in [3.8, 4) is 11.5 Å². The summed E-state index contributed by atoms with van der Waals surface area (Å²) >= 11 is 7.09. The first-order valence-corrected chi connectivity index (χ1v) is 14.6. The Morgan fingerprint density at radius 2 is 1.36 bits per heavy atom. The van der Waals surface area contributed by atoms with E-state index in [0.717, 1.165) is 85.5 Å². The molecule has 0 bridgehead atoms. The number of carbonyl (C=O) groups is 2. The molecule has 0 saturated carbocycles. The van der Waals surface area contributed by atoms with Gasteiger partial charge in [-0.1, -0.05) is 26.7 Å². The van der Waals surface area contributed by atoms with E-state index < -0.39 is 0 Å². The van der Waals surface area contributed by atoms with Crippen LogP contribution in [0.5, 0.6) is 11.5 Å². The molecule has 0 fully saturated rings. The van der Waals surface area contributed by atoms with Crippen molar-refractivity contribution in [2.24, 2.45) is 0 Å². The van der Waals surface area contributed by atoms with Gasteiger partial charge in [-0.2, -0.15) is 0 Å². The van der Waals surface area contributed by atoms with Gasteiger partial charge in [0.15, 0.2) is 0 Å². The van der Waals surface area contributed by atoms with Gasteiger partial charge in [-0.05, 0) is 73.7 Å². The molecule has 8 nitrogen and oxygen atoms in total. The lowest BCUT2D eigenvalue weighted by Crippen LogP contribution is -2.44. The van der Waals surface area contributed by atoms with Crippen LogP contribution in [-0.2, 0) is 9.59 Å². The average Bonchev–Trinajstić information content (AvgIpc) is 3.54. The summed E-state index contributed by atoms with van der Waals surface area (Å²) in [7, 11) is 3.28. The lowest BCUT2D eigenvalue weighted by Gasteiger charge is -2.33. The fraction of sp³-hybridized carbons (Fsp3) is 0.379. The van der Waals surface area contributed by atoms with Crippen molar-refractivity contribution in [1.29, 1.82) is 0 Å². The van der Waals surface area contributed by atoms with Crippen LogP contribution >= 0.6 is 31.9 Å². The van der Waals surface area contributed by atoms with E-state index in [2.05, 4.69) is 55.7 Å². The summed E-state index contributed by atoms with van der Waals surface area (Å²) < 4.78 is 12.7. The molecule has 2 aromatic heterocycles. The fourth-order valence-corrected chi connectivity index (χ4v) is 6.18. The molecule has 0 radical (unpaired) electrons. The number of nitrogens with one attached hydrogen (secondary N) is 2. The van der Waals surface area contributed by atoms with Crippen molar-refractivity contribution < 1.29 is 19.1 Å². The van der Waals surface area contributed by atoms with E-state index in [1.54, 1.807) is 14.2 Å². The minimum atomic E-state index is -0.0407. The highest BCUT2D eigenvalue weighted by Crippen LogP contribution is 2.37. The first-order valence-electron chi connectivity index (χ1n) is 13.0. The van der Waals surface area contributed by atoms with Crippen LogP contribution in [0.25, 0.3) is 21.8 Å². The monoisotopic (exact) mass is 660 g/mol. The number of H-pyrrole nitrogens is 2. The highest BCUT2D eigenvalue weighted by molar-refractivity contribution is 9.11. The second-order valence-electron chi connectivity index (χ2n) is 9.75. The molecule has 2 heterocycles. The number of ether oxygens (including phenoxy) is 2. The number of nitrogens with zero attached hydrogens (tertiary/aromatic N) is 2. The SMILES string of the molecule is CCCCC(CN(C=O)N(C=O)CC(C)c1c[nH]c2cc(Br)c(OC)cc12)c1c[nH]c2cc(Br)c(OC)cc12. The summed E-state index contributed by atoms with van der Waals surface area (Å²) in [4.78, 5) is 31.3. The number of aromatic amines is 2. The van der Waals surface area contributed by atoms with Gasteiger partial charge in [-0.25, -0.2) is 0 Å². The molecule has 0 aliphatic rings. The molecule has 0 saturated heterocycles. The Bertz CT molecular complexity index is 1450. The van der Waals surface area contributed by atoms with Gasteiger partial charge in [-0.15, -0.1) is 0 Å². The Labute approximate surface area is 245 Å². The molecule has 2 amide bonds. The molecular formula is C29H34Br2N4O4. The lowest BCUT2D eigenvalue weighted by molar-refractivity contribution is -0.147. The number of benzene rings is 2. The second-order valence-corrected chi connectivity index (χ2v) is 11.5. The van der Waals surface area contributed by atoms with Gasteiger partial charge in [0.25, 0.3) is 0 Å². The molecule has 0 aliphatic carbocycles. The van der Waals surface area contributed by atoms with Crippen molar-refractivity contribution in [1.82, 2.24) is 20.0 Å². The van der Waals surface area contributed by atoms with E-state index >= 15 is 0 Å². The number of rotatable bonds is 14. The van der Waals surface area contributed by atoms with Crippen LogP contribution in [0, 0.1) is 0 Å². The molecule has 208 valence electrons. The number of halogens is 2. The smallest absolute Gasteiger partial charge is 0.228 e. The number of hydrogen-bond donors (Lipinski definition) is 2. The quantitative estimate of drug-likeness (QED) is 0.111. The van der Waals surface area contributed by atoms with E-state index in [-0.39, 0.29) is 11.8 Å². The van der Waals surface area contributed by atoms with Crippen LogP contribution in [-0.4, -0.2) is 60.1 Å². The molecule has 4 aromatic rings. The molecule has 0 aliphatic heterocycles. The van der Waals surface area contributed by atoms with E-state index in [0.29, 0.717) is 13.1 Å². The Morgan fingerprint density at radius 1 is 0.846 bits per heavy atom. The number of fused-ring (bicyclic) bond motifs is 2. The standard InChI is InChI=1S/C29H34Br2N4O4/c1-5-6-7-19(23-13-33-27-11-25(31)29(39-4)9-21(23)27)15-35(17-37)34(16-36)14-18(2)22-12-32-26-10-24(30)28(38-3)8-20(22)26/h8-13,16-19,32-33H,5-7,14-15H2,1-4H3. The third kappa shape index (κ3) is 6.11. The first-order chi connectivity index (χ1) is 18.8. The highest BCUT2D eigenvalue weighted by atomic mass is 79.9. The number of unbranched alkanes of at least 4 members (excludes halogenated alkanes) is 1. The topological polar surface area (TPSA) is 90.7 Å². The lowest BCUT2D eigenvalue weighted by atomic mass is 9.93. The maximum Gasteiger partial charge on any atom is 0.228 e. The maximum absolute atomic E-state index is 12.4. The Kier molecular flexibility index (Phi) is 9.61. The second kappa shape index (κ2) is 12.9. The third-order valence-electron chi connectivity index (χ3n) is 7.29. The van der Waals surface area contributed by atoms with Gasteiger partial charge in [0, 0.05) is 59.1 Å². The van der Waals surface area contributed by atoms with Crippen LogP contribution < -0.4 is 9.47 Å². The number of hydrogen-bond acceptors (Lipinski definition) is 4. The van der Waals surface area contributed by atoms with Crippen LogP contribution in [0.15, 0.2) is 45.6 Å². The van der Waals surface area contributed by atoms with Gasteiger partial charge in [0.2, 0.25) is 12.8 Å². The van der Waals surface area contributed by atoms with Gasteiger partial charge in [0.1, 0.15) is 11.5 Å². The van der Waals surface area contributed by atoms with E-state index in [4.69, 9.17) is 9.47 Å². The summed E-state index contributed by atoms with van der Waals surface area (Å²) in [5.74, 6) is 1.47. The molecule has 2 N–H and O–H groups in total. The number of methoxy groups -OCH3 is 2. The van der Waals surface area contributed by atoms with Gasteiger partial charge in [-0.3, -0.25) is 19.6 Å².